The molecule has 2 aromatic rings. The first-order valence-corrected chi connectivity index (χ1v) is 9.19. The zero-order chi connectivity index (χ0) is 19.6. The van der Waals surface area contributed by atoms with E-state index in [2.05, 4.69) is 17.5 Å². The molecule has 142 valence electrons. The zero-order valence-electron chi connectivity index (χ0n) is 14.9. The Balaban J connectivity index is 1.73. The Bertz CT molecular complexity index is 922. The molecule has 1 amide bonds. The summed E-state index contributed by atoms with van der Waals surface area (Å²) in [6, 6.07) is 4.32. The number of carbonyl (C=O) groups excluding carboxylic acids is 1. The van der Waals surface area contributed by atoms with Crippen LogP contribution in [0.5, 0.6) is 11.5 Å². The van der Waals surface area contributed by atoms with E-state index in [0.29, 0.717) is 10.8 Å². The Hall–Kier alpha value is -2.94. The molecule has 1 atom stereocenters. The first kappa shape index (κ1) is 18.8. The summed E-state index contributed by atoms with van der Waals surface area (Å²) in [5.41, 5.74) is 3.31. The third-order valence-electron chi connectivity index (χ3n) is 4.41. The topological polar surface area (TPSA) is 117 Å². The molecular weight excluding hydrogens is 370 g/mol. The molecule has 1 aliphatic carbocycles. The number of carbonyl (C=O) groups is 1. The number of benzene rings is 1. The number of nitrogens with one attached hydrogen (secondary N) is 1. The highest BCUT2D eigenvalue weighted by atomic mass is 32.1. The number of aryl methyl sites for hydroxylation is 1. The van der Waals surface area contributed by atoms with Gasteiger partial charge in [0, 0.05) is 22.3 Å². The fourth-order valence-electron chi connectivity index (χ4n) is 3.01. The van der Waals surface area contributed by atoms with Crippen molar-refractivity contribution in [3.05, 3.63) is 49.2 Å². The number of fused-ring (bicyclic) bond motifs is 1. The summed E-state index contributed by atoms with van der Waals surface area (Å²) in [7, 11) is 1.25. The van der Waals surface area contributed by atoms with Gasteiger partial charge in [-0.05, 0) is 42.9 Å². The summed E-state index contributed by atoms with van der Waals surface area (Å²) in [4.78, 5) is 24.3. The summed E-state index contributed by atoms with van der Waals surface area (Å²) < 4.78 is 4.86. The van der Waals surface area contributed by atoms with E-state index < -0.39 is 16.4 Å². The van der Waals surface area contributed by atoms with Crippen LogP contribution in [0, 0.1) is 16.0 Å². The average Bonchev–Trinajstić information content (AvgIpc) is 3.05. The molecule has 3 rings (SSSR count). The second-order valence-corrected chi connectivity index (χ2v) is 7.57. The van der Waals surface area contributed by atoms with Crippen molar-refractivity contribution in [2.24, 2.45) is 11.0 Å². The van der Waals surface area contributed by atoms with Crippen LogP contribution < -0.4 is 15.3 Å². The number of nitrogens with zero attached hydrogens (tertiary/aromatic N) is 2. The monoisotopic (exact) mass is 388 g/mol. The van der Waals surface area contributed by atoms with Gasteiger partial charge in [-0.25, -0.2) is 5.43 Å². The van der Waals surface area contributed by atoms with Gasteiger partial charge in [-0.3, -0.25) is 14.9 Å². The summed E-state index contributed by atoms with van der Waals surface area (Å²) in [6.07, 6.45) is 4.33. The number of nitro groups is 1. The molecule has 27 heavy (non-hydrogen) atoms. The average molecular weight is 388 g/mol. The lowest BCUT2D eigenvalue weighted by molar-refractivity contribution is -0.398. The second-order valence-electron chi connectivity index (χ2n) is 6.43. The van der Waals surface area contributed by atoms with Gasteiger partial charge in [0.2, 0.25) is 0 Å². The second kappa shape index (κ2) is 7.75. The smallest absolute Gasteiger partial charge is 0.281 e. The minimum absolute atomic E-state index is 0.156. The van der Waals surface area contributed by atoms with E-state index in [9.17, 15) is 20.0 Å². The van der Waals surface area contributed by atoms with Gasteiger partial charge >= 0.3 is 0 Å². The Morgan fingerprint density at radius 2 is 2.22 bits per heavy atom. The van der Waals surface area contributed by atoms with E-state index in [4.69, 9.17) is 4.74 Å². The van der Waals surface area contributed by atoms with Crippen molar-refractivity contribution in [3.63, 3.8) is 0 Å². The maximum atomic E-state index is 12.3. The molecular formula is C18H18N3O5S-. The first-order valence-electron chi connectivity index (χ1n) is 8.37. The van der Waals surface area contributed by atoms with E-state index >= 15 is 0 Å². The van der Waals surface area contributed by atoms with Gasteiger partial charge in [0.15, 0.2) is 0 Å². The number of methoxy groups -OCH3 is 1. The Morgan fingerprint density at radius 3 is 2.93 bits per heavy atom. The van der Waals surface area contributed by atoms with Crippen LogP contribution in [0.15, 0.2) is 23.3 Å². The fraction of sp³-hybridized carbons (Fsp3) is 0.333. The molecule has 8 nitrogen and oxygen atoms in total. The first-order chi connectivity index (χ1) is 12.9. The Kier molecular flexibility index (Phi) is 5.41. The third kappa shape index (κ3) is 4.08. The molecule has 0 saturated heterocycles. The summed E-state index contributed by atoms with van der Waals surface area (Å²) in [5.74, 6) is -0.671. The molecule has 1 aliphatic rings. The maximum Gasteiger partial charge on any atom is 0.281 e. The number of nitro benzene ring substituents is 1. The summed E-state index contributed by atoms with van der Waals surface area (Å²) >= 11 is 1.47. The minimum Gasteiger partial charge on any atom is -0.865 e. The molecule has 1 aromatic heterocycles. The largest absolute Gasteiger partial charge is 0.865 e. The van der Waals surface area contributed by atoms with E-state index in [1.54, 1.807) is 0 Å². The van der Waals surface area contributed by atoms with E-state index in [1.807, 2.05) is 6.07 Å². The minimum atomic E-state index is -0.804. The van der Waals surface area contributed by atoms with Crippen molar-refractivity contribution in [2.75, 3.05) is 7.11 Å². The van der Waals surface area contributed by atoms with Crippen LogP contribution in [0.2, 0.25) is 0 Å². The summed E-state index contributed by atoms with van der Waals surface area (Å²) in [6.45, 7) is 2.20. The number of thiophene rings is 1. The zero-order valence-corrected chi connectivity index (χ0v) is 15.7. The lowest BCUT2D eigenvalue weighted by Gasteiger charge is -2.16. The van der Waals surface area contributed by atoms with E-state index in [1.165, 1.54) is 41.2 Å². The standard InChI is InChI=1S/C18H19N3O5S/c1-10-3-4-15-12(5-10)8-16(27-15)18(23)20-19-9-11-6-13(21(24)25)17(22)14(7-11)26-2/h6-10,22H,3-5H2,1-2H3,(H,20,23)/p-1/b19-9-/t10-/m1/s1. The van der Waals surface area contributed by atoms with Crippen molar-refractivity contribution in [3.8, 4) is 11.5 Å². The highest BCUT2D eigenvalue weighted by Gasteiger charge is 2.20. The van der Waals surface area contributed by atoms with Gasteiger partial charge < -0.3 is 9.84 Å². The lowest BCUT2D eigenvalue weighted by Crippen LogP contribution is -2.16. The SMILES string of the molecule is COc1cc(/C=N\NC(=O)c2cc3c(s2)CC[C@@H](C)C3)cc([N+](=O)[O-])c1[O-]. The molecule has 0 aliphatic heterocycles. The number of hydrogen-bond donors (Lipinski definition) is 1. The van der Waals surface area contributed by atoms with Crippen LogP contribution in [0.3, 0.4) is 0 Å². The maximum absolute atomic E-state index is 12.3. The number of rotatable bonds is 5. The molecule has 9 heteroatoms. The molecule has 0 saturated carbocycles. The molecule has 1 aromatic carbocycles. The van der Waals surface area contributed by atoms with Gasteiger partial charge in [0.25, 0.3) is 11.6 Å². The molecule has 0 bridgehead atoms. The number of hydrazone groups is 1. The van der Waals surface area contributed by atoms with Crippen LogP contribution in [0.1, 0.15) is 39.0 Å². The van der Waals surface area contributed by atoms with Crippen LogP contribution in [0.4, 0.5) is 5.69 Å². The predicted octanol–water partition coefficient (Wildman–Crippen LogP) is 2.63. The molecule has 0 unspecified atom stereocenters. The molecule has 0 fully saturated rings. The highest BCUT2D eigenvalue weighted by molar-refractivity contribution is 7.14. The molecule has 1 N–H and O–H groups in total. The van der Waals surface area contributed by atoms with Crippen molar-refractivity contribution < 1.29 is 19.6 Å². The van der Waals surface area contributed by atoms with Crippen molar-refractivity contribution >= 4 is 29.1 Å². The van der Waals surface area contributed by atoms with Gasteiger partial charge in [-0.15, -0.1) is 11.3 Å². The van der Waals surface area contributed by atoms with Crippen LogP contribution in [-0.2, 0) is 12.8 Å². The number of hydrogen-bond acceptors (Lipinski definition) is 7. The van der Waals surface area contributed by atoms with Gasteiger partial charge in [-0.1, -0.05) is 6.92 Å². The lowest BCUT2D eigenvalue weighted by atomic mass is 9.90. The summed E-state index contributed by atoms with van der Waals surface area (Å²) in [5, 5.41) is 26.6. The fourth-order valence-corrected chi connectivity index (χ4v) is 4.11. The van der Waals surface area contributed by atoms with Gasteiger partial charge in [0.1, 0.15) is 5.75 Å². The Labute approximate surface area is 159 Å². The van der Waals surface area contributed by atoms with Crippen molar-refractivity contribution in [2.45, 2.75) is 26.2 Å². The van der Waals surface area contributed by atoms with Gasteiger partial charge in [0.05, 0.1) is 23.1 Å². The van der Waals surface area contributed by atoms with E-state index in [-0.39, 0.29) is 17.2 Å². The molecule has 0 radical (unpaired) electrons. The van der Waals surface area contributed by atoms with E-state index in [0.717, 1.165) is 25.3 Å². The highest BCUT2D eigenvalue weighted by Crippen LogP contribution is 2.34. The normalized spacial score (nSPS) is 16.1. The van der Waals surface area contributed by atoms with Crippen LogP contribution >= 0.6 is 11.3 Å². The van der Waals surface area contributed by atoms with Crippen LogP contribution in [0.25, 0.3) is 0 Å². The number of amides is 1. The van der Waals surface area contributed by atoms with Crippen molar-refractivity contribution in [1.82, 2.24) is 5.43 Å². The quantitative estimate of drug-likeness (QED) is 0.480. The Morgan fingerprint density at radius 1 is 1.44 bits per heavy atom. The van der Waals surface area contributed by atoms with Crippen molar-refractivity contribution in [1.29, 1.82) is 0 Å². The third-order valence-corrected chi connectivity index (χ3v) is 5.64. The van der Waals surface area contributed by atoms with Gasteiger partial charge in [-0.2, -0.15) is 5.10 Å². The van der Waals surface area contributed by atoms with Crippen LogP contribution in [-0.4, -0.2) is 24.2 Å². The molecule has 1 heterocycles. The molecule has 0 spiro atoms. The number of ether oxygens (including phenoxy) is 1. The predicted molar refractivity (Wildman–Crippen MR) is 99.7 cm³/mol.